The van der Waals surface area contributed by atoms with Gasteiger partial charge in [-0.15, -0.1) is 0 Å². The first-order chi connectivity index (χ1) is 6.74. The van der Waals surface area contributed by atoms with E-state index in [1.54, 1.807) is 0 Å². The summed E-state index contributed by atoms with van der Waals surface area (Å²) in [7, 11) is 0. The van der Waals surface area contributed by atoms with E-state index in [4.69, 9.17) is 5.84 Å². The lowest BCUT2D eigenvalue weighted by Crippen LogP contribution is -2.44. The van der Waals surface area contributed by atoms with Crippen LogP contribution in [-0.2, 0) is 6.42 Å². The summed E-state index contributed by atoms with van der Waals surface area (Å²) in [6.45, 7) is 5.98. The molecule has 1 aromatic carbocycles. The lowest BCUT2D eigenvalue weighted by molar-refractivity contribution is 0.452. The predicted molar refractivity (Wildman–Crippen MR) is 58.8 cm³/mol. The van der Waals surface area contributed by atoms with E-state index in [2.05, 4.69) is 36.3 Å². The summed E-state index contributed by atoms with van der Waals surface area (Å²) in [5.41, 5.74) is 6.81. The molecule has 1 aliphatic carbocycles. The maximum atomic E-state index is 5.53. The zero-order chi connectivity index (χ0) is 10.1. The van der Waals surface area contributed by atoms with Gasteiger partial charge in [0, 0.05) is 12.0 Å². The van der Waals surface area contributed by atoms with Gasteiger partial charge in [0.25, 0.3) is 0 Å². The van der Waals surface area contributed by atoms with Crippen molar-refractivity contribution in [1.29, 1.82) is 0 Å². The third kappa shape index (κ3) is 1.37. The average molecular weight is 188 g/mol. The quantitative estimate of drug-likeness (QED) is 0.431. The van der Waals surface area contributed by atoms with Crippen molar-refractivity contribution in [1.82, 2.24) is 5.43 Å². The normalized spacial score (nSPS) is 20.9. The molecule has 0 aliphatic heterocycles. The van der Waals surface area contributed by atoms with E-state index in [0.717, 1.165) is 12.0 Å². The molecule has 0 saturated carbocycles. The Labute approximate surface area is 84.8 Å². The Bertz CT molecular complexity index is 357. The van der Waals surface area contributed by atoms with E-state index < -0.39 is 0 Å². The van der Waals surface area contributed by atoms with Crippen molar-refractivity contribution in [3.05, 3.63) is 47.5 Å². The van der Waals surface area contributed by atoms with E-state index in [1.165, 1.54) is 11.1 Å². The van der Waals surface area contributed by atoms with Gasteiger partial charge in [-0.3, -0.25) is 11.3 Å². The molecule has 14 heavy (non-hydrogen) atoms. The summed E-state index contributed by atoms with van der Waals surface area (Å²) in [4.78, 5) is 0. The average Bonchev–Trinajstić information content (AvgIpc) is 2.13. The standard InChI is InChI=1S/C12H16N2/c1-8(2)12(14-13)11-7-9-5-3-4-6-10(9)11/h3-6,11-12,14H,1,7,13H2,2H3. The van der Waals surface area contributed by atoms with Gasteiger partial charge in [0.05, 0.1) is 0 Å². The maximum absolute atomic E-state index is 5.53. The third-order valence-corrected chi connectivity index (χ3v) is 3.01. The Balaban J connectivity index is 2.21. The monoisotopic (exact) mass is 188 g/mol. The number of nitrogens with two attached hydrogens (primary N) is 1. The molecule has 0 amide bonds. The zero-order valence-electron chi connectivity index (χ0n) is 8.46. The molecule has 1 aromatic rings. The molecule has 74 valence electrons. The minimum atomic E-state index is 0.213. The highest BCUT2D eigenvalue weighted by molar-refractivity contribution is 5.42. The van der Waals surface area contributed by atoms with E-state index >= 15 is 0 Å². The van der Waals surface area contributed by atoms with E-state index in [1.807, 2.05) is 6.92 Å². The number of nitrogens with one attached hydrogen (secondary N) is 1. The van der Waals surface area contributed by atoms with Crippen molar-refractivity contribution in [3.63, 3.8) is 0 Å². The van der Waals surface area contributed by atoms with E-state index in [0.29, 0.717) is 5.92 Å². The van der Waals surface area contributed by atoms with Crippen molar-refractivity contribution < 1.29 is 0 Å². The lowest BCUT2D eigenvalue weighted by atomic mass is 9.72. The van der Waals surface area contributed by atoms with Crippen LogP contribution in [0.1, 0.15) is 24.0 Å². The first-order valence-electron chi connectivity index (χ1n) is 4.93. The molecule has 2 heteroatoms. The molecule has 2 atom stereocenters. The van der Waals surface area contributed by atoms with Crippen molar-refractivity contribution in [2.75, 3.05) is 0 Å². The van der Waals surface area contributed by atoms with Crippen molar-refractivity contribution in [2.45, 2.75) is 25.3 Å². The second kappa shape index (κ2) is 3.56. The second-order valence-electron chi connectivity index (χ2n) is 4.00. The molecule has 1 aliphatic rings. The summed E-state index contributed by atoms with van der Waals surface area (Å²) < 4.78 is 0. The number of rotatable bonds is 3. The van der Waals surface area contributed by atoms with Gasteiger partial charge in [0.1, 0.15) is 0 Å². The lowest BCUT2D eigenvalue weighted by Gasteiger charge is -2.36. The summed E-state index contributed by atoms with van der Waals surface area (Å²) >= 11 is 0. The fourth-order valence-electron chi connectivity index (χ4n) is 2.20. The molecule has 0 bridgehead atoms. The number of hydrogen-bond donors (Lipinski definition) is 2. The fourth-order valence-corrected chi connectivity index (χ4v) is 2.20. The smallest absolute Gasteiger partial charge is 0.0486 e. The number of hydrogen-bond acceptors (Lipinski definition) is 2. The first kappa shape index (κ1) is 9.44. The van der Waals surface area contributed by atoms with Crippen molar-refractivity contribution in [2.24, 2.45) is 5.84 Å². The van der Waals surface area contributed by atoms with Crippen LogP contribution in [0.4, 0.5) is 0 Å². The molecule has 2 rings (SSSR count). The highest BCUT2D eigenvalue weighted by Gasteiger charge is 2.32. The van der Waals surface area contributed by atoms with Crippen LogP contribution in [0.5, 0.6) is 0 Å². The Morgan fingerprint density at radius 2 is 2.29 bits per heavy atom. The molecule has 0 heterocycles. The van der Waals surface area contributed by atoms with Crippen LogP contribution >= 0.6 is 0 Å². The molecule has 0 spiro atoms. The molecular weight excluding hydrogens is 172 g/mol. The minimum Gasteiger partial charge on any atom is -0.271 e. The number of hydrazine groups is 1. The Morgan fingerprint density at radius 1 is 1.57 bits per heavy atom. The molecule has 0 aromatic heterocycles. The molecular formula is C12H16N2. The molecule has 0 radical (unpaired) electrons. The van der Waals surface area contributed by atoms with Crippen LogP contribution in [0.3, 0.4) is 0 Å². The topological polar surface area (TPSA) is 38.0 Å². The summed E-state index contributed by atoms with van der Waals surface area (Å²) in [6.07, 6.45) is 1.11. The van der Waals surface area contributed by atoms with Gasteiger partial charge in [-0.25, -0.2) is 0 Å². The predicted octanol–water partition coefficient (Wildman–Crippen LogP) is 1.73. The van der Waals surface area contributed by atoms with Gasteiger partial charge in [-0.1, -0.05) is 36.4 Å². The van der Waals surface area contributed by atoms with Gasteiger partial charge in [0.2, 0.25) is 0 Å². The summed E-state index contributed by atoms with van der Waals surface area (Å²) in [5, 5.41) is 0. The van der Waals surface area contributed by atoms with E-state index in [9.17, 15) is 0 Å². The van der Waals surface area contributed by atoms with Crippen molar-refractivity contribution in [3.8, 4) is 0 Å². The molecule has 0 saturated heterocycles. The Morgan fingerprint density at radius 3 is 2.86 bits per heavy atom. The third-order valence-electron chi connectivity index (χ3n) is 3.01. The number of fused-ring (bicyclic) bond motifs is 1. The highest BCUT2D eigenvalue weighted by atomic mass is 15.2. The second-order valence-corrected chi connectivity index (χ2v) is 4.00. The van der Waals surface area contributed by atoms with Crippen molar-refractivity contribution >= 4 is 0 Å². The van der Waals surface area contributed by atoms with Crippen LogP contribution in [0.15, 0.2) is 36.4 Å². The first-order valence-corrected chi connectivity index (χ1v) is 4.93. The van der Waals surface area contributed by atoms with Gasteiger partial charge in [-0.2, -0.15) is 0 Å². The molecule has 3 N–H and O–H groups in total. The summed E-state index contributed by atoms with van der Waals surface area (Å²) in [5.74, 6) is 6.04. The number of benzene rings is 1. The van der Waals surface area contributed by atoms with Gasteiger partial charge in [0.15, 0.2) is 0 Å². The largest absolute Gasteiger partial charge is 0.271 e. The SMILES string of the molecule is C=C(C)C(NN)C1Cc2ccccc21. The van der Waals surface area contributed by atoms with Crippen LogP contribution in [0.25, 0.3) is 0 Å². The fraction of sp³-hybridized carbons (Fsp3) is 0.333. The maximum Gasteiger partial charge on any atom is 0.0486 e. The zero-order valence-corrected chi connectivity index (χ0v) is 8.46. The highest BCUT2D eigenvalue weighted by Crippen LogP contribution is 2.38. The Kier molecular flexibility index (Phi) is 2.40. The van der Waals surface area contributed by atoms with Gasteiger partial charge in [-0.05, 0) is 24.5 Å². The van der Waals surface area contributed by atoms with Crippen LogP contribution in [0.2, 0.25) is 0 Å². The molecule has 0 fully saturated rings. The summed E-state index contributed by atoms with van der Waals surface area (Å²) in [6, 6.07) is 8.73. The van der Waals surface area contributed by atoms with Crippen LogP contribution in [-0.4, -0.2) is 6.04 Å². The Hall–Kier alpha value is -1.12. The minimum absolute atomic E-state index is 0.213. The van der Waals surface area contributed by atoms with Crippen LogP contribution in [0, 0.1) is 0 Å². The van der Waals surface area contributed by atoms with Gasteiger partial charge >= 0.3 is 0 Å². The molecule has 2 unspecified atom stereocenters. The van der Waals surface area contributed by atoms with E-state index in [-0.39, 0.29) is 6.04 Å². The van der Waals surface area contributed by atoms with Crippen LogP contribution < -0.4 is 11.3 Å². The molecule has 2 nitrogen and oxygen atoms in total. The van der Waals surface area contributed by atoms with Gasteiger partial charge < -0.3 is 0 Å².